The van der Waals surface area contributed by atoms with Crippen molar-refractivity contribution in [2.75, 3.05) is 0 Å². The van der Waals surface area contributed by atoms with Crippen LogP contribution in [0.5, 0.6) is 0 Å². The Morgan fingerprint density at radius 1 is 1.19 bits per heavy atom. The first kappa shape index (κ1) is 16.4. The number of aromatic nitrogens is 3. The number of fused-ring (bicyclic) bond motifs is 1. The van der Waals surface area contributed by atoms with Gasteiger partial charge in [-0.2, -0.15) is 9.50 Å². The third-order valence-corrected chi connectivity index (χ3v) is 4.84. The lowest BCUT2D eigenvalue weighted by atomic mass is 10.2. The molecule has 0 aliphatic heterocycles. The minimum absolute atomic E-state index is 0.0334. The molecule has 0 atom stereocenters. The summed E-state index contributed by atoms with van der Waals surface area (Å²) in [5, 5.41) is 15.7. The summed E-state index contributed by atoms with van der Waals surface area (Å²) in [5.74, 6) is 0.415. The molecule has 0 aliphatic rings. The number of halogens is 1. The predicted molar refractivity (Wildman–Crippen MR) is 99.5 cm³/mol. The maximum atomic E-state index is 12.5. The van der Waals surface area contributed by atoms with Crippen molar-refractivity contribution < 1.29 is 4.92 Å². The smallest absolute Gasteiger partial charge is 0.266 e. The fraction of sp³-hybridized carbons (Fsp3) is 0. The fourth-order valence-corrected chi connectivity index (χ4v) is 3.56. The van der Waals surface area contributed by atoms with Crippen molar-refractivity contribution >= 4 is 39.7 Å². The van der Waals surface area contributed by atoms with Gasteiger partial charge in [-0.3, -0.25) is 14.9 Å². The quantitative estimate of drug-likeness (QED) is 0.400. The first-order valence-electron chi connectivity index (χ1n) is 7.43. The molecular weight excluding hydrogens is 376 g/mol. The van der Waals surface area contributed by atoms with Crippen molar-refractivity contribution in [3.63, 3.8) is 0 Å². The van der Waals surface area contributed by atoms with E-state index >= 15 is 0 Å². The molecular formula is C17H9ClN4O3S. The van der Waals surface area contributed by atoms with E-state index in [1.807, 2.05) is 6.07 Å². The van der Waals surface area contributed by atoms with E-state index in [9.17, 15) is 14.9 Å². The van der Waals surface area contributed by atoms with Crippen molar-refractivity contribution in [3.8, 4) is 11.4 Å². The summed E-state index contributed by atoms with van der Waals surface area (Å²) in [6.45, 7) is 0. The predicted octanol–water partition coefficient (Wildman–Crippen LogP) is 2.93. The molecule has 26 heavy (non-hydrogen) atoms. The van der Waals surface area contributed by atoms with Gasteiger partial charge < -0.3 is 0 Å². The van der Waals surface area contributed by atoms with Crippen molar-refractivity contribution in [2.24, 2.45) is 0 Å². The Hall–Kier alpha value is -3.10. The Bertz CT molecular complexity index is 1260. The normalized spacial score (nSPS) is 12.0. The van der Waals surface area contributed by atoms with Crippen molar-refractivity contribution in [1.29, 1.82) is 0 Å². The van der Waals surface area contributed by atoms with Crippen LogP contribution < -0.4 is 10.1 Å². The highest BCUT2D eigenvalue weighted by Gasteiger charge is 2.12. The van der Waals surface area contributed by atoms with Gasteiger partial charge in [0.15, 0.2) is 5.82 Å². The summed E-state index contributed by atoms with van der Waals surface area (Å²) < 4.78 is 1.63. The number of rotatable bonds is 3. The number of non-ortho nitro benzene ring substituents is 1. The molecule has 128 valence electrons. The standard InChI is InChI=1S/C17H9ClN4O3S/c18-12-5-2-4-11(9-12)15-19-17-21(20-15)16(23)14(26-17)8-10-3-1-6-13(7-10)22(24)25/h1-9H/b14-8-. The van der Waals surface area contributed by atoms with Gasteiger partial charge in [0, 0.05) is 22.7 Å². The second-order valence-electron chi connectivity index (χ2n) is 5.41. The lowest BCUT2D eigenvalue weighted by Crippen LogP contribution is -2.23. The number of hydrogen-bond donors (Lipinski definition) is 0. The molecule has 0 saturated heterocycles. The number of thiazole rings is 1. The second kappa shape index (κ2) is 6.32. The molecule has 0 bridgehead atoms. The summed E-state index contributed by atoms with van der Waals surface area (Å²) in [7, 11) is 0. The lowest BCUT2D eigenvalue weighted by molar-refractivity contribution is -0.384. The highest BCUT2D eigenvalue weighted by atomic mass is 35.5. The Morgan fingerprint density at radius 3 is 2.73 bits per heavy atom. The van der Waals surface area contributed by atoms with Crippen LogP contribution >= 0.6 is 22.9 Å². The van der Waals surface area contributed by atoms with Gasteiger partial charge in [0.1, 0.15) is 0 Å². The van der Waals surface area contributed by atoms with E-state index in [1.165, 1.54) is 28.0 Å². The molecule has 4 aromatic rings. The molecule has 0 saturated carbocycles. The van der Waals surface area contributed by atoms with Crippen LogP contribution in [0.2, 0.25) is 5.02 Å². The van der Waals surface area contributed by atoms with Crippen LogP contribution in [-0.2, 0) is 0 Å². The number of nitro benzene ring substituents is 1. The number of nitro groups is 1. The highest BCUT2D eigenvalue weighted by molar-refractivity contribution is 7.15. The van der Waals surface area contributed by atoms with Crippen LogP contribution in [0, 0.1) is 10.1 Å². The number of benzene rings is 2. The lowest BCUT2D eigenvalue weighted by Gasteiger charge is -1.94. The SMILES string of the molecule is O=c1/c(=C/c2cccc([N+](=O)[O-])c2)sc2nc(-c3cccc(Cl)c3)nn12. The zero-order valence-corrected chi connectivity index (χ0v) is 14.6. The topological polar surface area (TPSA) is 90.4 Å². The molecule has 0 spiro atoms. The second-order valence-corrected chi connectivity index (χ2v) is 6.85. The zero-order valence-electron chi connectivity index (χ0n) is 13.0. The Labute approximate surface area is 155 Å². The molecule has 0 N–H and O–H groups in total. The number of hydrogen-bond acceptors (Lipinski definition) is 6. The number of nitrogens with zero attached hydrogens (tertiary/aromatic N) is 4. The third-order valence-electron chi connectivity index (χ3n) is 3.64. The van der Waals surface area contributed by atoms with E-state index in [2.05, 4.69) is 10.1 Å². The first-order valence-corrected chi connectivity index (χ1v) is 8.62. The van der Waals surface area contributed by atoms with Crippen LogP contribution in [0.4, 0.5) is 5.69 Å². The van der Waals surface area contributed by atoms with Crippen LogP contribution in [-0.4, -0.2) is 19.5 Å². The van der Waals surface area contributed by atoms with Gasteiger partial charge in [0.25, 0.3) is 11.2 Å². The molecule has 0 amide bonds. The molecule has 2 aromatic carbocycles. The molecule has 9 heteroatoms. The van der Waals surface area contributed by atoms with E-state index in [0.29, 0.717) is 25.9 Å². The Kier molecular flexibility index (Phi) is 3.98. The molecule has 0 aliphatic carbocycles. The van der Waals surface area contributed by atoms with E-state index < -0.39 is 4.92 Å². The average molecular weight is 385 g/mol. The maximum Gasteiger partial charge on any atom is 0.291 e. The van der Waals surface area contributed by atoms with E-state index in [4.69, 9.17) is 11.6 Å². The molecule has 2 aromatic heterocycles. The van der Waals surface area contributed by atoms with E-state index in [-0.39, 0.29) is 11.2 Å². The summed E-state index contributed by atoms with van der Waals surface area (Å²) in [4.78, 5) is 27.8. The van der Waals surface area contributed by atoms with Crippen LogP contribution in [0.15, 0.2) is 53.3 Å². The minimum Gasteiger partial charge on any atom is -0.266 e. The van der Waals surface area contributed by atoms with Crippen molar-refractivity contribution in [2.45, 2.75) is 0 Å². The van der Waals surface area contributed by atoms with Gasteiger partial charge in [-0.25, -0.2) is 0 Å². The van der Waals surface area contributed by atoms with Crippen molar-refractivity contribution in [1.82, 2.24) is 14.6 Å². The highest BCUT2D eigenvalue weighted by Crippen LogP contribution is 2.20. The van der Waals surface area contributed by atoms with Gasteiger partial charge in [-0.1, -0.05) is 47.2 Å². The minimum atomic E-state index is -0.477. The first-order chi connectivity index (χ1) is 12.5. The monoisotopic (exact) mass is 384 g/mol. The molecule has 0 unspecified atom stereocenters. The molecule has 0 fully saturated rings. The van der Waals surface area contributed by atoms with Gasteiger partial charge in [-0.15, -0.1) is 5.10 Å². The zero-order chi connectivity index (χ0) is 18.3. The molecule has 4 rings (SSSR count). The van der Waals surface area contributed by atoms with E-state index in [0.717, 1.165) is 5.56 Å². The summed E-state index contributed by atoms with van der Waals surface area (Å²) in [5.41, 5.74) is 0.930. The van der Waals surface area contributed by atoms with E-state index in [1.54, 1.807) is 36.4 Å². The van der Waals surface area contributed by atoms with Gasteiger partial charge in [0.05, 0.1) is 9.46 Å². The average Bonchev–Trinajstić information content (AvgIpc) is 3.15. The third kappa shape index (κ3) is 2.96. The largest absolute Gasteiger partial charge is 0.291 e. The fourth-order valence-electron chi connectivity index (χ4n) is 2.46. The molecule has 0 radical (unpaired) electrons. The Morgan fingerprint density at radius 2 is 2.00 bits per heavy atom. The molecule has 7 nitrogen and oxygen atoms in total. The summed E-state index contributed by atoms with van der Waals surface area (Å²) in [6, 6.07) is 13.1. The summed E-state index contributed by atoms with van der Waals surface area (Å²) >= 11 is 7.15. The van der Waals surface area contributed by atoms with Crippen molar-refractivity contribution in [3.05, 3.63) is 84.1 Å². The summed E-state index contributed by atoms with van der Waals surface area (Å²) in [6.07, 6.45) is 1.59. The maximum absolute atomic E-state index is 12.5. The van der Waals surface area contributed by atoms with Gasteiger partial charge in [0.2, 0.25) is 4.96 Å². The van der Waals surface area contributed by atoms with Crippen LogP contribution in [0.1, 0.15) is 5.56 Å². The van der Waals surface area contributed by atoms with Gasteiger partial charge in [-0.05, 0) is 23.8 Å². The molecule has 2 heterocycles. The van der Waals surface area contributed by atoms with Crippen LogP contribution in [0.25, 0.3) is 22.4 Å². The Balaban J connectivity index is 1.80. The van der Waals surface area contributed by atoms with Gasteiger partial charge >= 0.3 is 0 Å². The van der Waals surface area contributed by atoms with Crippen LogP contribution in [0.3, 0.4) is 0 Å².